The van der Waals surface area contributed by atoms with Gasteiger partial charge in [0.05, 0.1) is 7.11 Å². The minimum atomic E-state index is -1.09. The standard InChI is InChI=1S/C14H20N2O5/c1-20-8-7-12(13(17)18)16-14(19)15-9-10-3-5-11(21-2)6-4-10/h3-6,12H,7-9H2,1-2H3,(H,17,18)(H2,15,16,19). The van der Waals surface area contributed by atoms with E-state index in [1.807, 2.05) is 12.1 Å². The third kappa shape index (κ3) is 6.13. The summed E-state index contributed by atoms with van der Waals surface area (Å²) in [6.45, 7) is 0.558. The second-order valence-corrected chi connectivity index (χ2v) is 4.35. The van der Waals surface area contributed by atoms with Crippen LogP contribution in [-0.2, 0) is 16.1 Å². The van der Waals surface area contributed by atoms with Crippen LogP contribution in [0, 0.1) is 0 Å². The van der Waals surface area contributed by atoms with Crippen molar-refractivity contribution < 1.29 is 24.2 Å². The molecule has 0 aliphatic carbocycles. The quantitative estimate of drug-likeness (QED) is 0.664. The lowest BCUT2D eigenvalue weighted by Crippen LogP contribution is -2.46. The maximum atomic E-state index is 11.7. The van der Waals surface area contributed by atoms with E-state index in [9.17, 15) is 9.59 Å². The van der Waals surface area contributed by atoms with Gasteiger partial charge in [-0.1, -0.05) is 12.1 Å². The largest absolute Gasteiger partial charge is 0.497 e. The Morgan fingerprint density at radius 1 is 1.24 bits per heavy atom. The summed E-state index contributed by atoms with van der Waals surface area (Å²) in [5.41, 5.74) is 0.884. The molecule has 21 heavy (non-hydrogen) atoms. The number of carboxylic acid groups (broad SMARTS) is 1. The number of carbonyl (C=O) groups excluding carboxylic acids is 1. The second-order valence-electron chi connectivity index (χ2n) is 4.35. The first kappa shape index (κ1) is 16.8. The monoisotopic (exact) mass is 296 g/mol. The first-order valence-electron chi connectivity index (χ1n) is 6.46. The summed E-state index contributed by atoms with van der Waals surface area (Å²) in [6, 6.07) is 5.70. The summed E-state index contributed by atoms with van der Waals surface area (Å²) in [5, 5.41) is 14.0. The second kappa shape index (κ2) is 8.80. The van der Waals surface area contributed by atoms with E-state index in [0.29, 0.717) is 6.54 Å². The molecule has 1 aromatic carbocycles. The fourth-order valence-electron chi connectivity index (χ4n) is 1.63. The van der Waals surface area contributed by atoms with E-state index in [1.165, 1.54) is 7.11 Å². The number of carbonyl (C=O) groups is 2. The van der Waals surface area contributed by atoms with Crippen molar-refractivity contribution in [2.45, 2.75) is 19.0 Å². The number of ether oxygens (including phenoxy) is 2. The molecule has 0 heterocycles. The fourth-order valence-corrected chi connectivity index (χ4v) is 1.63. The number of hydrogen-bond donors (Lipinski definition) is 3. The van der Waals surface area contributed by atoms with E-state index < -0.39 is 18.0 Å². The number of amides is 2. The van der Waals surface area contributed by atoms with Crippen molar-refractivity contribution in [2.75, 3.05) is 20.8 Å². The zero-order chi connectivity index (χ0) is 15.7. The van der Waals surface area contributed by atoms with E-state index in [4.69, 9.17) is 14.6 Å². The van der Waals surface area contributed by atoms with Crippen LogP contribution < -0.4 is 15.4 Å². The normalized spacial score (nSPS) is 11.5. The van der Waals surface area contributed by atoms with Gasteiger partial charge in [0.2, 0.25) is 0 Å². The Morgan fingerprint density at radius 3 is 2.43 bits per heavy atom. The first-order chi connectivity index (χ1) is 10.1. The van der Waals surface area contributed by atoms with Crippen molar-refractivity contribution in [1.82, 2.24) is 10.6 Å². The highest BCUT2D eigenvalue weighted by Gasteiger charge is 2.19. The minimum absolute atomic E-state index is 0.210. The van der Waals surface area contributed by atoms with Gasteiger partial charge >= 0.3 is 12.0 Å². The molecule has 0 saturated carbocycles. The molecule has 0 aliphatic rings. The maximum absolute atomic E-state index is 11.7. The summed E-state index contributed by atoms with van der Waals surface area (Å²) in [4.78, 5) is 22.6. The predicted molar refractivity (Wildman–Crippen MR) is 76.3 cm³/mol. The number of aliphatic carboxylic acids is 1. The molecule has 1 unspecified atom stereocenters. The molecule has 0 aromatic heterocycles. The van der Waals surface area contributed by atoms with Crippen LogP contribution in [0.25, 0.3) is 0 Å². The van der Waals surface area contributed by atoms with Gasteiger partial charge in [-0.05, 0) is 17.7 Å². The lowest BCUT2D eigenvalue weighted by atomic mass is 10.2. The molecule has 0 fully saturated rings. The summed E-state index contributed by atoms with van der Waals surface area (Å²) in [7, 11) is 3.05. The Balaban J connectivity index is 2.42. The molecule has 1 aromatic rings. The van der Waals surface area contributed by atoms with Crippen LogP contribution >= 0.6 is 0 Å². The molecule has 0 bridgehead atoms. The number of hydrogen-bond acceptors (Lipinski definition) is 4. The summed E-state index contributed by atoms with van der Waals surface area (Å²) >= 11 is 0. The van der Waals surface area contributed by atoms with Crippen LogP contribution in [0.4, 0.5) is 4.79 Å². The molecular weight excluding hydrogens is 276 g/mol. The van der Waals surface area contributed by atoms with Gasteiger partial charge in [-0.25, -0.2) is 9.59 Å². The van der Waals surface area contributed by atoms with E-state index in [2.05, 4.69) is 10.6 Å². The van der Waals surface area contributed by atoms with Crippen molar-refractivity contribution in [3.05, 3.63) is 29.8 Å². The molecular formula is C14H20N2O5. The average molecular weight is 296 g/mol. The molecule has 116 valence electrons. The molecule has 0 radical (unpaired) electrons. The van der Waals surface area contributed by atoms with Crippen molar-refractivity contribution in [2.24, 2.45) is 0 Å². The Labute approximate surface area is 123 Å². The number of carboxylic acids is 1. The van der Waals surface area contributed by atoms with Crippen molar-refractivity contribution in [1.29, 1.82) is 0 Å². The molecule has 0 saturated heterocycles. The smallest absolute Gasteiger partial charge is 0.326 e. The number of methoxy groups -OCH3 is 2. The maximum Gasteiger partial charge on any atom is 0.326 e. The van der Waals surface area contributed by atoms with E-state index in [1.54, 1.807) is 19.2 Å². The van der Waals surface area contributed by atoms with Crippen molar-refractivity contribution in [3.63, 3.8) is 0 Å². The Bertz CT molecular complexity index is 461. The zero-order valence-electron chi connectivity index (χ0n) is 12.1. The fraction of sp³-hybridized carbons (Fsp3) is 0.429. The van der Waals surface area contributed by atoms with Gasteiger partial charge in [0.25, 0.3) is 0 Å². The highest BCUT2D eigenvalue weighted by molar-refractivity contribution is 5.82. The topological polar surface area (TPSA) is 96.9 Å². The molecule has 7 heteroatoms. The Kier molecular flexibility index (Phi) is 7.03. The lowest BCUT2D eigenvalue weighted by molar-refractivity contribution is -0.139. The van der Waals surface area contributed by atoms with Crippen LogP contribution in [0.5, 0.6) is 5.75 Å². The number of rotatable bonds is 8. The molecule has 2 amide bonds. The molecule has 7 nitrogen and oxygen atoms in total. The summed E-state index contributed by atoms with van der Waals surface area (Å²) < 4.78 is 9.84. The lowest BCUT2D eigenvalue weighted by Gasteiger charge is -2.14. The van der Waals surface area contributed by atoms with Gasteiger partial charge in [-0.2, -0.15) is 0 Å². The predicted octanol–water partition coefficient (Wildman–Crippen LogP) is 0.984. The van der Waals surface area contributed by atoms with Gasteiger partial charge in [0.1, 0.15) is 11.8 Å². The van der Waals surface area contributed by atoms with Gasteiger partial charge < -0.3 is 25.2 Å². The molecule has 1 atom stereocenters. The van der Waals surface area contributed by atoms with Gasteiger partial charge in [0, 0.05) is 26.7 Å². The third-order valence-corrected chi connectivity index (χ3v) is 2.83. The van der Waals surface area contributed by atoms with Crippen LogP contribution in [0.3, 0.4) is 0 Å². The van der Waals surface area contributed by atoms with E-state index in [0.717, 1.165) is 11.3 Å². The van der Waals surface area contributed by atoms with Crippen LogP contribution in [0.2, 0.25) is 0 Å². The number of nitrogens with one attached hydrogen (secondary N) is 2. The van der Waals surface area contributed by atoms with Gasteiger partial charge in [-0.15, -0.1) is 0 Å². The van der Waals surface area contributed by atoms with Gasteiger partial charge in [0.15, 0.2) is 0 Å². The molecule has 0 spiro atoms. The van der Waals surface area contributed by atoms with Gasteiger partial charge in [-0.3, -0.25) is 0 Å². The first-order valence-corrected chi connectivity index (χ1v) is 6.46. The highest BCUT2D eigenvalue weighted by atomic mass is 16.5. The number of benzene rings is 1. The Hall–Kier alpha value is -2.28. The van der Waals surface area contributed by atoms with E-state index in [-0.39, 0.29) is 13.0 Å². The molecule has 1 rings (SSSR count). The van der Waals surface area contributed by atoms with E-state index >= 15 is 0 Å². The number of urea groups is 1. The van der Waals surface area contributed by atoms with Crippen LogP contribution in [-0.4, -0.2) is 44.0 Å². The summed E-state index contributed by atoms with van der Waals surface area (Å²) in [5.74, 6) is -0.361. The van der Waals surface area contributed by atoms with Crippen molar-refractivity contribution in [3.8, 4) is 5.75 Å². The highest BCUT2D eigenvalue weighted by Crippen LogP contribution is 2.10. The average Bonchev–Trinajstić information content (AvgIpc) is 2.49. The van der Waals surface area contributed by atoms with Crippen molar-refractivity contribution >= 4 is 12.0 Å². The minimum Gasteiger partial charge on any atom is -0.497 e. The molecule has 3 N–H and O–H groups in total. The third-order valence-electron chi connectivity index (χ3n) is 2.83. The molecule has 0 aliphatic heterocycles. The van der Waals surface area contributed by atoms with Crippen LogP contribution in [0.1, 0.15) is 12.0 Å². The SMILES string of the molecule is COCCC(NC(=O)NCc1ccc(OC)cc1)C(=O)O. The zero-order valence-corrected chi connectivity index (χ0v) is 12.1. The van der Waals surface area contributed by atoms with Crippen LogP contribution in [0.15, 0.2) is 24.3 Å². The summed E-state index contributed by atoms with van der Waals surface area (Å²) in [6.07, 6.45) is 0.210. The Morgan fingerprint density at radius 2 is 1.90 bits per heavy atom.